The van der Waals surface area contributed by atoms with E-state index < -0.39 is 6.10 Å². The third kappa shape index (κ3) is 7.99. The van der Waals surface area contributed by atoms with Gasteiger partial charge in [0.15, 0.2) is 0 Å². The minimum Gasteiger partial charge on any atom is -0.392 e. The molecule has 0 radical (unpaired) electrons. The minimum absolute atomic E-state index is 0.159. The van der Waals surface area contributed by atoms with E-state index in [0.717, 1.165) is 19.3 Å². The van der Waals surface area contributed by atoms with E-state index in [9.17, 15) is 10.4 Å². The molecule has 1 aromatic carbocycles. The smallest absolute Gasteiger partial charge is 0.0750 e. The maximum Gasteiger partial charge on any atom is 0.0750 e. The molecule has 1 N–H and O–H groups in total. The molecular formula is C32H47NO. The zero-order valence-electron chi connectivity index (χ0n) is 22.3. The maximum absolute atomic E-state index is 10.2. The molecule has 1 saturated carbocycles. The molecule has 1 fully saturated rings. The molecule has 0 heterocycles. The average Bonchev–Trinajstić information content (AvgIpc) is 2.81. The molecular weight excluding hydrogens is 414 g/mol. The summed E-state index contributed by atoms with van der Waals surface area (Å²) < 4.78 is 0. The predicted molar refractivity (Wildman–Crippen MR) is 146 cm³/mol. The molecule has 0 aromatic heterocycles. The summed E-state index contributed by atoms with van der Waals surface area (Å²) >= 11 is 0. The molecule has 2 heteroatoms. The van der Waals surface area contributed by atoms with Crippen molar-refractivity contribution in [3.8, 4) is 6.07 Å². The molecule has 186 valence electrons. The van der Waals surface area contributed by atoms with Crippen molar-refractivity contribution in [3.63, 3.8) is 0 Å². The molecule has 0 bridgehead atoms. The average molecular weight is 462 g/mol. The quantitative estimate of drug-likeness (QED) is 0.250. The summed E-state index contributed by atoms with van der Waals surface area (Å²) in [5.41, 5.74) is 3.94. The number of hydrogen-bond acceptors (Lipinski definition) is 2. The van der Waals surface area contributed by atoms with Crippen molar-refractivity contribution in [2.75, 3.05) is 0 Å². The first kappa shape index (κ1) is 28.1. The van der Waals surface area contributed by atoms with Crippen molar-refractivity contribution in [2.45, 2.75) is 85.7 Å². The van der Waals surface area contributed by atoms with Crippen LogP contribution in [0.2, 0.25) is 0 Å². The number of rotatable bonds is 12. The highest BCUT2D eigenvalue weighted by Crippen LogP contribution is 2.49. The van der Waals surface area contributed by atoms with Gasteiger partial charge in [0.05, 0.1) is 18.1 Å². The lowest BCUT2D eigenvalue weighted by atomic mass is 9.62. The van der Waals surface area contributed by atoms with Crippen LogP contribution in [0, 0.1) is 46.3 Å². The first-order valence-electron chi connectivity index (χ1n) is 13.3. The van der Waals surface area contributed by atoms with Crippen molar-refractivity contribution in [3.05, 3.63) is 66.3 Å². The Hall–Kier alpha value is -2.11. The van der Waals surface area contributed by atoms with Crippen LogP contribution in [-0.2, 0) is 0 Å². The summed E-state index contributed by atoms with van der Waals surface area (Å²) in [6.45, 7) is 20.0. The molecule has 7 atom stereocenters. The number of nitrogens with zero attached hydrogens (tertiary/aromatic N) is 1. The molecule has 0 spiro atoms. The Balaban J connectivity index is 1.94. The summed E-state index contributed by atoms with van der Waals surface area (Å²) in [7, 11) is 0. The Morgan fingerprint density at radius 2 is 1.91 bits per heavy atom. The highest BCUT2D eigenvalue weighted by atomic mass is 16.3. The molecule has 1 aromatic rings. The van der Waals surface area contributed by atoms with Gasteiger partial charge >= 0.3 is 0 Å². The third-order valence-corrected chi connectivity index (χ3v) is 8.34. The Bertz CT molecular complexity index is 863. The second kappa shape index (κ2) is 13.1. The van der Waals surface area contributed by atoms with E-state index in [1.165, 1.54) is 36.0 Å². The van der Waals surface area contributed by atoms with Gasteiger partial charge in [0, 0.05) is 0 Å². The van der Waals surface area contributed by atoms with E-state index >= 15 is 0 Å². The summed E-state index contributed by atoms with van der Waals surface area (Å²) in [5, 5.41) is 19.8. The summed E-state index contributed by atoms with van der Waals surface area (Å²) in [6, 6.07) is 12.8. The number of aliphatic hydroxyl groups is 1. The number of hydrogen-bond donors (Lipinski definition) is 1. The van der Waals surface area contributed by atoms with Gasteiger partial charge in [0.1, 0.15) is 0 Å². The lowest BCUT2D eigenvalue weighted by Gasteiger charge is -2.43. The fraction of sp³-hybridized carbons (Fsp3) is 0.594. The molecule has 0 aliphatic heterocycles. The molecule has 0 amide bonds. The normalized spacial score (nSPS) is 26.4. The second-order valence-corrected chi connectivity index (χ2v) is 11.4. The van der Waals surface area contributed by atoms with E-state index in [4.69, 9.17) is 0 Å². The van der Waals surface area contributed by atoms with E-state index in [2.05, 4.69) is 83.3 Å². The van der Waals surface area contributed by atoms with Gasteiger partial charge in [-0.3, -0.25) is 0 Å². The minimum atomic E-state index is -0.535. The zero-order chi connectivity index (χ0) is 25.3. The predicted octanol–water partition coefficient (Wildman–Crippen LogP) is 8.61. The van der Waals surface area contributed by atoms with E-state index in [1.54, 1.807) is 0 Å². The maximum atomic E-state index is 10.2. The van der Waals surface area contributed by atoms with E-state index in [0.29, 0.717) is 24.2 Å². The van der Waals surface area contributed by atoms with Crippen molar-refractivity contribution in [2.24, 2.45) is 35.0 Å². The van der Waals surface area contributed by atoms with Gasteiger partial charge in [-0.2, -0.15) is 5.26 Å². The Kier molecular flexibility index (Phi) is 10.8. The molecule has 34 heavy (non-hydrogen) atoms. The molecule has 2 nitrogen and oxygen atoms in total. The van der Waals surface area contributed by atoms with Crippen LogP contribution in [0.5, 0.6) is 0 Å². The summed E-state index contributed by atoms with van der Waals surface area (Å²) in [6.07, 6.45) is 11.1. The summed E-state index contributed by atoms with van der Waals surface area (Å²) in [5.74, 6) is 1.59. The SMILES string of the molecule is C=C(/C=C/c1ccccc1)C[C@H]1C[C@H](C)C[C@@](C)(C(=C)CCC(C)C(C)C(C#N)C(O)CC)C1. The molecule has 2 rings (SSSR count). The zero-order valence-corrected chi connectivity index (χ0v) is 22.3. The molecule has 4 unspecified atom stereocenters. The largest absolute Gasteiger partial charge is 0.392 e. The van der Waals surface area contributed by atoms with E-state index in [-0.39, 0.29) is 17.3 Å². The number of allylic oxidation sites excluding steroid dienone is 3. The first-order chi connectivity index (χ1) is 16.1. The highest BCUT2D eigenvalue weighted by molar-refractivity contribution is 5.52. The monoisotopic (exact) mass is 461 g/mol. The lowest BCUT2D eigenvalue weighted by molar-refractivity contribution is 0.0846. The standard InChI is InChI=1S/C32H47NO/c1-8-31(34)30(22-33)27(6)25(4)15-16-26(5)32(7)20-24(3)19-29(21-32)18-23(2)14-17-28-12-10-9-11-13-28/h9-14,17,24-25,27,29-31,34H,2,5,8,15-16,18-21H2,1,3-4,6-7H3/b17-14+/t24-,25?,27?,29-,30?,31?,32+/m0/s1. The van der Waals surface area contributed by atoms with E-state index in [1.807, 2.05) is 13.0 Å². The fourth-order valence-corrected chi connectivity index (χ4v) is 6.01. The van der Waals surface area contributed by atoms with Gasteiger partial charge in [-0.25, -0.2) is 0 Å². The number of benzene rings is 1. The number of nitriles is 1. The third-order valence-electron chi connectivity index (χ3n) is 8.34. The van der Waals surface area contributed by atoms with Crippen LogP contribution >= 0.6 is 0 Å². The van der Waals surface area contributed by atoms with Crippen LogP contribution < -0.4 is 0 Å². The van der Waals surface area contributed by atoms with Crippen LogP contribution in [0.4, 0.5) is 0 Å². The number of aliphatic hydroxyl groups excluding tert-OH is 1. The van der Waals surface area contributed by atoms with Gasteiger partial charge < -0.3 is 5.11 Å². The van der Waals surface area contributed by atoms with Gasteiger partial charge in [-0.05, 0) is 79.6 Å². The van der Waals surface area contributed by atoms with Crippen molar-refractivity contribution in [1.82, 2.24) is 0 Å². The van der Waals surface area contributed by atoms with Gasteiger partial charge in [0.25, 0.3) is 0 Å². The topological polar surface area (TPSA) is 44.0 Å². The Labute approximate surface area is 209 Å². The van der Waals surface area contributed by atoms with Crippen molar-refractivity contribution >= 4 is 6.08 Å². The van der Waals surface area contributed by atoms with Crippen molar-refractivity contribution < 1.29 is 5.11 Å². The van der Waals surface area contributed by atoms with Crippen LogP contribution in [0.15, 0.2) is 60.7 Å². The van der Waals surface area contributed by atoms with Gasteiger partial charge in [-0.1, -0.05) is 101 Å². The van der Waals surface area contributed by atoms with Crippen molar-refractivity contribution in [1.29, 1.82) is 5.26 Å². The first-order valence-corrected chi connectivity index (χ1v) is 13.3. The molecule has 0 saturated heterocycles. The van der Waals surface area contributed by atoms with Crippen LogP contribution in [0.25, 0.3) is 6.08 Å². The highest BCUT2D eigenvalue weighted by Gasteiger charge is 2.37. The Morgan fingerprint density at radius 3 is 2.53 bits per heavy atom. The van der Waals surface area contributed by atoms with Crippen LogP contribution in [0.3, 0.4) is 0 Å². The van der Waals surface area contributed by atoms with Gasteiger partial charge in [0.2, 0.25) is 0 Å². The fourth-order valence-electron chi connectivity index (χ4n) is 6.01. The molecule has 1 aliphatic carbocycles. The Morgan fingerprint density at radius 1 is 1.24 bits per heavy atom. The van der Waals surface area contributed by atoms with Gasteiger partial charge in [-0.15, -0.1) is 0 Å². The second-order valence-electron chi connectivity index (χ2n) is 11.4. The summed E-state index contributed by atoms with van der Waals surface area (Å²) in [4.78, 5) is 0. The molecule has 1 aliphatic rings. The van der Waals surface area contributed by atoms with Crippen LogP contribution in [-0.4, -0.2) is 11.2 Å². The lowest BCUT2D eigenvalue weighted by Crippen LogP contribution is -2.32. The van der Waals surface area contributed by atoms with Crippen LogP contribution in [0.1, 0.15) is 85.1 Å².